The monoisotopic (exact) mass is 327 g/mol. The van der Waals surface area contributed by atoms with Crippen molar-refractivity contribution in [1.82, 2.24) is 4.31 Å². The van der Waals surface area contributed by atoms with Gasteiger partial charge in [-0.2, -0.15) is 0 Å². The molecular weight excluding hydrogens is 302 g/mol. The first-order chi connectivity index (χ1) is 10.3. The largest absolute Gasteiger partial charge is 0.346 e. The van der Waals surface area contributed by atoms with Crippen LogP contribution in [-0.4, -0.2) is 39.5 Å². The summed E-state index contributed by atoms with van der Waals surface area (Å²) >= 11 is 0. The zero-order chi connectivity index (χ0) is 16.3. The first-order valence-electron chi connectivity index (χ1n) is 7.62. The standard InChI is InChI=1S/C16H25NO4S/c1-12(2)13(3)11-17(4)22(18,19)15-7-5-6-14(10-15)16-20-8-9-21-16/h5-7,10,12-13,16H,8-9,11H2,1-4H3. The molecule has 0 radical (unpaired) electrons. The molecule has 1 fully saturated rings. The topological polar surface area (TPSA) is 55.8 Å². The van der Waals surface area contributed by atoms with E-state index in [9.17, 15) is 8.42 Å². The molecule has 5 nitrogen and oxygen atoms in total. The smallest absolute Gasteiger partial charge is 0.242 e. The zero-order valence-electron chi connectivity index (χ0n) is 13.7. The molecular formula is C16H25NO4S. The molecule has 1 atom stereocenters. The van der Waals surface area contributed by atoms with E-state index in [1.807, 2.05) is 6.07 Å². The van der Waals surface area contributed by atoms with Gasteiger partial charge in [-0.05, 0) is 24.0 Å². The molecule has 0 spiro atoms. The van der Waals surface area contributed by atoms with E-state index in [1.165, 1.54) is 4.31 Å². The summed E-state index contributed by atoms with van der Waals surface area (Å²) in [6, 6.07) is 6.81. The fraction of sp³-hybridized carbons (Fsp3) is 0.625. The quantitative estimate of drug-likeness (QED) is 0.806. The lowest BCUT2D eigenvalue weighted by molar-refractivity contribution is -0.0442. The van der Waals surface area contributed by atoms with Crippen molar-refractivity contribution in [2.24, 2.45) is 11.8 Å². The van der Waals surface area contributed by atoms with Gasteiger partial charge in [-0.15, -0.1) is 0 Å². The van der Waals surface area contributed by atoms with Crippen LogP contribution >= 0.6 is 0 Å². The Morgan fingerprint density at radius 3 is 2.45 bits per heavy atom. The highest BCUT2D eigenvalue weighted by Crippen LogP contribution is 2.26. The Morgan fingerprint density at radius 1 is 1.23 bits per heavy atom. The van der Waals surface area contributed by atoms with Gasteiger partial charge in [-0.1, -0.05) is 32.9 Å². The van der Waals surface area contributed by atoms with Crippen LogP contribution in [0.5, 0.6) is 0 Å². The Bertz CT molecular complexity index is 594. The van der Waals surface area contributed by atoms with Gasteiger partial charge in [0, 0.05) is 19.2 Å². The van der Waals surface area contributed by atoms with E-state index in [0.29, 0.717) is 31.6 Å². The Labute approximate surface area is 133 Å². The second-order valence-corrected chi connectivity index (χ2v) is 8.20. The van der Waals surface area contributed by atoms with Gasteiger partial charge >= 0.3 is 0 Å². The van der Waals surface area contributed by atoms with E-state index >= 15 is 0 Å². The van der Waals surface area contributed by atoms with E-state index in [0.717, 1.165) is 5.56 Å². The van der Waals surface area contributed by atoms with E-state index in [-0.39, 0.29) is 4.90 Å². The van der Waals surface area contributed by atoms with Crippen molar-refractivity contribution in [3.05, 3.63) is 29.8 Å². The number of ether oxygens (including phenoxy) is 2. The SMILES string of the molecule is CC(C)C(C)CN(C)S(=O)(=O)c1cccc(C2OCCO2)c1. The van der Waals surface area contributed by atoms with Crippen LogP contribution in [0, 0.1) is 11.8 Å². The molecule has 0 bridgehead atoms. The van der Waals surface area contributed by atoms with Crippen LogP contribution in [0.3, 0.4) is 0 Å². The van der Waals surface area contributed by atoms with Crippen LogP contribution < -0.4 is 0 Å². The lowest BCUT2D eigenvalue weighted by Crippen LogP contribution is -2.32. The molecule has 124 valence electrons. The van der Waals surface area contributed by atoms with Gasteiger partial charge < -0.3 is 9.47 Å². The van der Waals surface area contributed by atoms with Gasteiger partial charge in [0.15, 0.2) is 6.29 Å². The zero-order valence-corrected chi connectivity index (χ0v) is 14.5. The summed E-state index contributed by atoms with van der Waals surface area (Å²) in [5.74, 6) is 0.730. The van der Waals surface area contributed by atoms with Crippen LogP contribution in [0.4, 0.5) is 0 Å². The number of sulfonamides is 1. The maximum Gasteiger partial charge on any atom is 0.242 e. The Kier molecular flexibility index (Phi) is 5.60. The first kappa shape index (κ1) is 17.4. The molecule has 1 aromatic carbocycles. The van der Waals surface area contributed by atoms with E-state index < -0.39 is 16.3 Å². The van der Waals surface area contributed by atoms with Crippen molar-refractivity contribution in [2.45, 2.75) is 32.0 Å². The molecule has 0 aliphatic carbocycles. The molecule has 1 heterocycles. The van der Waals surface area contributed by atoms with Gasteiger partial charge in [-0.3, -0.25) is 0 Å². The normalized spacial score (nSPS) is 18.3. The van der Waals surface area contributed by atoms with Crippen molar-refractivity contribution in [1.29, 1.82) is 0 Å². The molecule has 1 saturated heterocycles. The molecule has 22 heavy (non-hydrogen) atoms. The van der Waals surface area contributed by atoms with Gasteiger partial charge in [0.05, 0.1) is 18.1 Å². The summed E-state index contributed by atoms with van der Waals surface area (Å²) in [5, 5.41) is 0. The molecule has 1 aliphatic heterocycles. The van der Waals surface area contributed by atoms with Gasteiger partial charge in [-0.25, -0.2) is 12.7 Å². The molecule has 0 N–H and O–H groups in total. The summed E-state index contributed by atoms with van der Waals surface area (Å²) in [6.45, 7) is 7.83. The third-order valence-electron chi connectivity index (χ3n) is 4.14. The van der Waals surface area contributed by atoms with Crippen molar-refractivity contribution in [2.75, 3.05) is 26.8 Å². The van der Waals surface area contributed by atoms with Crippen LogP contribution in [0.2, 0.25) is 0 Å². The minimum atomic E-state index is -3.50. The first-order valence-corrected chi connectivity index (χ1v) is 9.06. The molecule has 0 aromatic heterocycles. The Hall–Kier alpha value is -0.950. The molecule has 0 saturated carbocycles. The second-order valence-electron chi connectivity index (χ2n) is 6.15. The van der Waals surface area contributed by atoms with Crippen molar-refractivity contribution in [3.63, 3.8) is 0 Å². The summed E-state index contributed by atoms with van der Waals surface area (Å²) in [5.41, 5.74) is 0.740. The predicted molar refractivity (Wildman–Crippen MR) is 84.9 cm³/mol. The van der Waals surface area contributed by atoms with Crippen molar-refractivity contribution < 1.29 is 17.9 Å². The number of benzene rings is 1. The number of hydrogen-bond donors (Lipinski definition) is 0. The van der Waals surface area contributed by atoms with Gasteiger partial charge in [0.1, 0.15) is 0 Å². The summed E-state index contributed by atoms with van der Waals surface area (Å²) < 4.78 is 37.7. The fourth-order valence-electron chi connectivity index (χ4n) is 2.27. The molecule has 2 rings (SSSR count). The fourth-order valence-corrected chi connectivity index (χ4v) is 3.59. The van der Waals surface area contributed by atoms with Crippen molar-refractivity contribution >= 4 is 10.0 Å². The number of nitrogens with zero attached hydrogens (tertiary/aromatic N) is 1. The third-order valence-corrected chi connectivity index (χ3v) is 5.96. The van der Waals surface area contributed by atoms with Crippen LogP contribution in [-0.2, 0) is 19.5 Å². The third kappa shape index (κ3) is 3.87. The minimum Gasteiger partial charge on any atom is -0.346 e. The summed E-state index contributed by atoms with van der Waals surface area (Å²) in [4.78, 5) is 0.280. The van der Waals surface area contributed by atoms with E-state index in [2.05, 4.69) is 20.8 Å². The number of rotatable bonds is 6. The second kappa shape index (κ2) is 7.08. The Balaban J connectivity index is 2.19. The van der Waals surface area contributed by atoms with Crippen LogP contribution in [0.1, 0.15) is 32.6 Å². The average molecular weight is 327 g/mol. The Morgan fingerprint density at radius 2 is 1.86 bits per heavy atom. The molecule has 1 unspecified atom stereocenters. The van der Waals surface area contributed by atoms with Gasteiger partial charge in [0.25, 0.3) is 0 Å². The average Bonchev–Trinajstić information content (AvgIpc) is 3.01. The van der Waals surface area contributed by atoms with E-state index in [4.69, 9.17) is 9.47 Å². The molecule has 6 heteroatoms. The maximum atomic E-state index is 12.7. The minimum absolute atomic E-state index is 0.280. The highest BCUT2D eigenvalue weighted by Gasteiger charge is 2.25. The maximum absolute atomic E-state index is 12.7. The summed E-state index contributed by atoms with van der Waals surface area (Å²) in [7, 11) is -1.87. The predicted octanol–water partition coefficient (Wildman–Crippen LogP) is 2.64. The van der Waals surface area contributed by atoms with Crippen LogP contribution in [0.25, 0.3) is 0 Å². The highest BCUT2D eigenvalue weighted by molar-refractivity contribution is 7.89. The highest BCUT2D eigenvalue weighted by atomic mass is 32.2. The lowest BCUT2D eigenvalue weighted by Gasteiger charge is -2.24. The van der Waals surface area contributed by atoms with Crippen LogP contribution in [0.15, 0.2) is 29.2 Å². The molecule has 0 amide bonds. The molecule has 1 aliphatic rings. The number of hydrogen-bond acceptors (Lipinski definition) is 4. The lowest BCUT2D eigenvalue weighted by atomic mass is 9.98. The molecule has 1 aromatic rings. The van der Waals surface area contributed by atoms with E-state index in [1.54, 1.807) is 25.2 Å². The van der Waals surface area contributed by atoms with Crippen molar-refractivity contribution in [3.8, 4) is 0 Å². The summed E-state index contributed by atoms with van der Waals surface area (Å²) in [6.07, 6.45) is -0.463. The van der Waals surface area contributed by atoms with Gasteiger partial charge in [0.2, 0.25) is 10.0 Å².